The van der Waals surface area contributed by atoms with E-state index in [2.05, 4.69) is 0 Å². The van der Waals surface area contributed by atoms with Crippen molar-refractivity contribution in [3.63, 3.8) is 0 Å². The summed E-state index contributed by atoms with van der Waals surface area (Å²) in [7, 11) is 1.89. The molecule has 0 aromatic rings. The monoisotopic (exact) mass is 194 g/mol. The van der Waals surface area contributed by atoms with Crippen LogP contribution in [0, 0.1) is 23.7 Å². The van der Waals surface area contributed by atoms with Crippen molar-refractivity contribution in [1.29, 1.82) is 0 Å². The summed E-state index contributed by atoms with van der Waals surface area (Å²) >= 11 is 0. The van der Waals surface area contributed by atoms with E-state index < -0.39 is 0 Å². The molecule has 3 saturated carbocycles. The summed E-state index contributed by atoms with van der Waals surface area (Å²) in [6, 6.07) is 0. The van der Waals surface area contributed by atoms with Crippen LogP contribution in [0.2, 0.25) is 0 Å². The number of hydrogen-bond acceptors (Lipinski definition) is 1. The van der Waals surface area contributed by atoms with Crippen molar-refractivity contribution in [2.75, 3.05) is 7.11 Å². The zero-order valence-corrected chi connectivity index (χ0v) is 9.24. The molecule has 0 spiro atoms. The highest BCUT2D eigenvalue weighted by Gasteiger charge is 2.44. The smallest absolute Gasteiger partial charge is 0.0574 e. The van der Waals surface area contributed by atoms with Gasteiger partial charge in [-0.25, -0.2) is 0 Å². The van der Waals surface area contributed by atoms with E-state index in [0.29, 0.717) is 6.10 Å². The van der Waals surface area contributed by atoms with Crippen LogP contribution in [0.3, 0.4) is 0 Å². The van der Waals surface area contributed by atoms with E-state index in [1.54, 1.807) is 12.8 Å². The van der Waals surface area contributed by atoms with Crippen LogP contribution >= 0.6 is 0 Å². The first-order valence-corrected chi connectivity index (χ1v) is 6.39. The number of rotatable bonds is 1. The van der Waals surface area contributed by atoms with Crippen molar-refractivity contribution in [2.24, 2.45) is 23.7 Å². The number of hydrogen-bond donors (Lipinski definition) is 0. The van der Waals surface area contributed by atoms with Crippen LogP contribution in [-0.2, 0) is 4.74 Å². The van der Waals surface area contributed by atoms with E-state index in [9.17, 15) is 0 Å². The minimum absolute atomic E-state index is 0.591. The van der Waals surface area contributed by atoms with Crippen molar-refractivity contribution in [3.8, 4) is 0 Å². The van der Waals surface area contributed by atoms with Gasteiger partial charge >= 0.3 is 0 Å². The zero-order valence-electron chi connectivity index (χ0n) is 9.24. The van der Waals surface area contributed by atoms with E-state index in [1.165, 1.54) is 32.1 Å². The first-order valence-electron chi connectivity index (χ1n) is 6.39. The fourth-order valence-corrected chi connectivity index (χ4v) is 4.49. The molecule has 0 radical (unpaired) electrons. The third-order valence-corrected chi connectivity index (χ3v) is 5.15. The highest BCUT2D eigenvalue weighted by Crippen LogP contribution is 2.53. The number of ether oxygens (including phenoxy) is 1. The molecule has 80 valence electrons. The largest absolute Gasteiger partial charge is 0.381 e. The summed E-state index contributed by atoms with van der Waals surface area (Å²) in [4.78, 5) is 0. The lowest BCUT2D eigenvalue weighted by molar-refractivity contribution is -0.00293. The van der Waals surface area contributed by atoms with Crippen LogP contribution < -0.4 is 0 Å². The Morgan fingerprint density at radius 1 is 0.857 bits per heavy atom. The van der Waals surface area contributed by atoms with Gasteiger partial charge in [-0.05, 0) is 62.2 Å². The van der Waals surface area contributed by atoms with Crippen molar-refractivity contribution in [2.45, 2.75) is 51.0 Å². The predicted octanol–water partition coefficient (Wildman–Crippen LogP) is 3.24. The van der Waals surface area contributed by atoms with Crippen LogP contribution in [0.4, 0.5) is 0 Å². The molecule has 0 aromatic heterocycles. The lowest BCUT2D eigenvalue weighted by Crippen LogP contribution is -2.35. The van der Waals surface area contributed by atoms with Crippen molar-refractivity contribution < 1.29 is 4.74 Å². The molecule has 0 aromatic carbocycles. The molecular weight excluding hydrogens is 172 g/mol. The number of methoxy groups -OCH3 is 1. The number of fused-ring (bicyclic) bond motifs is 4. The first-order chi connectivity index (χ1) is 6.86. The van der Waals surface area contributed by atoms with Gasteiger partial charge in [0.05, 0.1) is 6.10 Å². The lowest BCUT2D eigenvalue weighted by Gasteiger charge is -2.42. The summed E-state index contributed by atoms with van der Waals surface area (Å²) in [5, 5.41) is 0. The van der Waals surface area contributed by atoms with Gasteiger partial charge in [-0.1, -0.05) is 6.42 Å². The molecular formula is C13H22O. The molecule has 1 nitrogen and oxygen atoms in total. The molecule has 3 rings (SSSR count). The van der Waals surface area contributed by atoms with E-state index in [4.69, 9.17) is 4.74 Å². The Morgan fingerprint density at radius 3 is 2.57 bits per heavy atom. The molecule has 3 aliphatic carbocycles. The molecule has 5 atom stereocenters. The standard InChI is InChI=1S/C13H22O/c1-14-12-4-5-13-10-3-2-9(6-10)7-11(13)8-12/h9-13H,2-8H2,1H3. The van der Waals surface area contributed by atoms with Gasteiger partial charge < -0.3 is 4.74 Å². The molecule has 3 aliphatic rings. The second-order valence-electron chi connectivity index (χ2n) is 5.77. The normalized spacial score (nSPS) is 51.6. The molecule has 1 heteroatoms. The van der Waals surface area contributed by atoms with Crippen molar-refractivity contribution >= 4 is 0 Å². The molecule has 14 heavy (non-hydrogen) atoms. The fraction of sp³-hybridized carbons (Fsp3) is 1.00. The summed E-state index contributed by atoms with van der Waals surface area (Å²) in [6.07, 6.45) is 10.9. The van der Waals surface area contributed by atoms with E-state index in [0.717, 1.165) is 23.7 Å². The topological polar surface area (TPSA) is 9.23 Å². The quantitative estimate of drug-likeness (QED) is 0.622. The Kier molecular flexibility index (Phi) is 2.31. The van der Waals surface area contributed by atoms with Gasteiger partial charge in [-0.15, -0.1) is 0 Å². The van der Waals surface area contributed by atoms with Gasteiger partial charge in [0.1, 0.15) is 0 Å². The van der Waals surface area contributed by atoms with E-state index >= 15 is 0 Å². The Morgan fingerprint density at radius 2 is 1.71 bits per heavy atom. The van der Waals surface area contributed by atoms with Gasteiger partial charge in [-0.2, -0.15) is 0 Å². The Labute approximate surface area is 87.2 Å². The van der Waals surface area contributed by atoms with Gasteiger partial charge in [0.25, 0.3) is 0 Å². The molecule has 0 amide bonds. The molecule has 0 saturated heterocycles. The average molecular weight is 194 g/mol. The van der Waals surface area contributed by atoms with Gasteiger partial charge in [0, 0.05) is 7.11 Å². The minimum Gasteiger partial charge on any atom is -0.381 e. The molecule has 0 aliphatic heterocycles. The lowest BCUT2D eigenvalue weighted by atomic mass is 9.65. The summed E-state index contributed by atoms with van der Waals surface area (Å²) in [5.41, 5.74) is 0. The second kappa shape index (κ2) is 3.52. The fourth-order valence-electron chi connectivity index (χ4n) is 4.49. The van der Waals surface area contributed by atoms with E-state index in [-0.39, 0.29) is 0 Å². The highest BCUT2D eigenvalue weighted by molar-refractivity contribution is 4.94. The predicted molar refractivity (Wildman–Crippen MR) is 57.1 cm³/mol. The summed E-state index contributed by atoms with van der Waals surface area (Å²) in [5.74, 6) is 4.31. The molecule has 0 heterocycles. The Hall–Kier alpha value is -0.0400. The molecule has 2 bridgehead atoms. The maximum Gasteiger partial charge on any atom is 0.0574 e. The van der Waals surface area contributed by atoms with Crippen LogP contribution in [0.25, 0.3) is 0 Å². The molecule has 3 fully saturated rings. The molecule has 5 unspecified atom stereocenters. The maximum absolute atomic E-state index is 5.53. The van der Waals surface area contributed by atoms with Crippen LogP contribution in [0.5, 0.6) is 0 Å². The van der Waals surface area contributed by atoms with Crippen molar-refractivity contribution in [1.82, 2.24) is 0 Å². The third kappa shape index (κ3) is 1.41. The molecule has 0 N–H and O–H groups in total. The van der Waals surface area contributed by atoms with Crippen LogP contribution in [-0.4, -0.2) is 13.2 Å². The highest BCUT2D eigenvalue weighted by atomic mass is 16.5. The first kappa shape index (κ1) is 9.21. The minimum atomic E-state index is 0.591. The van der Waals surface area contributed by atoms with Gasteiger partial charge in [0.15, 0.2) is 0 Å². The SMILES string of the molecule is COC1CCC2C3CCC(C3)CC2C1. The third-order valence-electron chi connectivity index (χ3n) is 5.15. The van der Waals surface area contributed by atoms with Gasteiger partial charge in [-0.3, -0.25) is 0 Å². The Bertz CT molecular complexity index is 213. The average Bonchev–Trinajstić information content (AvgIpc) is 2.61. The van der Waals surface area contributed by atoms with Crippen molar-refractivity contribution in [3.05, 3.63) is 0 Å². The van der Waals surface area contributed by atoms with E-state index in [1.807, 2.05) is 7.11 Å². The second-order valence-corrected chi connectivity index (χ2v) is 5.77. The zero-order chi connectivity index (χ0) is 9.54. The Balaban J connectivity index is 1.72. The summed E-state index contributed by atoms with van der Waals surface area (Å²) < 4.78 is 5.53. The summed E-state index contributed by atoms with van der Waals surface area (Å²) in [6.45, 7) is 0. The van der Waals surface area contributed by atoms with Crippen LogP contribution in [0.1, 0.15) is 44.9 Å². The van der Waals surface area contributed by atoms with Crippen LogP contribution in [0.15, 0.2) is 0 Å². The van der Waals surface area contributed by atoms with Gasteiger partial charge in [0.2, 0.25) is 0 Å². The maximum atomic E-state index is 5.53.